The molecule has 0 aliphatic carbocycles. The lowest BCUT2D eigenvalue weighted by atomic mass is 9.95. The third kappa shape index (κ3) is 4.60. The summed E-state index contributed by atoms with van der Waals surface area (Å²) in [6.45, 7) is 12.6. The van der Waals surface area contributed by atoms with Gasteiger partial charge in [0.15, 0.2) is 0 Å². The second-order valence-corrected chi connectivity index (χ2v) is 10.5. The van der Waals surface area contributed by atoms with Crippen LogP contribution in [0.3, 0.4) is 0 Å². The molecule has 3 aromatic rings. The molecule has 0 bridgehead atoms. The topological polar surface area (TPSA) is 92.3 Å². The van der Waals surface area contributed by atoms with E-state index in [1.165, 1.54) is 51.0 Å². The summed E-state index contributed by atoms with van der Waals surface area (Å²) in [4.78, 5) is 12.8. The second kappa shape index (κ2) is 9.48. The molecule has 0 aliphatic heterocycles. The number of benzene rings is 2. The summed E-state index contributed by atoms with van der Waals surface area (Å²) >= 11 is 1.32. The van der Waals surface area contributed by atoms with Gasteiger partial charge in [0.05, 0.1) is 4.90 Å². The molecular weight excluding hydrogens is 444 g/mol. The molecule has 1 N–H and O–H groups in total. The summed E-state index contributed by atoms with van der Waals surface area (Å²) in [7, 11) is -3.56. The third-order valence-electron chi connectivity index (χ3n) is 5.69. The first kappa shape index (κ1) is 24.0. The largest absolute Gasteiger partial charge is 0.296 e. The number of aromatic nitrogens is 2. The van der Waals surface area contributed by atoms with Crippen molar-refractivity contribution in [1.82, 2.24) is 14.5 Å². The van der Waals surface area contributed by atoms with Gasteiger partial charge in [-0.1, -0.05) is 31.3 Å². The Morgan fingerprint density at radius 2 is 1.53 bits per heavy atom. The van der Waals surface area contributed by atoms with E-state index in [0.717, 1.165) is 21.7 Å². The normalized spacial score (nSPS) is 11.7. The highest BCUT2D eigenvalue weighted by Crippen LogP contribution is 2.34. The predicted octanol–water partition coefficient (Wildman–Crippen LogP) is 4.72. The number of aryl methyl sites for hydroxylation is 2. The molecule has 1 aromatic heterocycles. The molecule has 0 fully saturated rings. The Balaban J connectivity index is 1.81. The van der Waals surface area contributed by atoms with Crippen molar-refractivity contribution < 1.29 is 13.2 Å². The highest BCUT2D eigenvalue weighted by molar-refractivity contribution is 7.89. The Morgan fingerprint density at radius 1 is 0.969 bits per heavy atom. The Morgan fingerprint density at radius 3 is 2.06 bits per heavy atom. The van der Waals surface area contributed by atoms with Crippen LogP contribution < -0.4 is 5.32 Å². The number of anilines is 1. The third-order valence-corrected chi connectivity index (χ3v) is 8.61. The zero-order valence-electron chi connectivity index (χ0n) is 19.2. The van der Waals surface area contributed by atoms with Gasteiger partial charge in [0.2, 0.25) is 15.2 Å². The molecule has 0 saturated heterocycles. The predicted molar refractivity (Wildman–Crippen MR) is 129 cm³/mol. The number of hydrogen-bond acceptors (Lipinski definition) is 6. The van der Waals surface area contributed by atoms with Crippen LogP contribution in [0, 0.1) is 27.7 Å². The van der Waals surface area contributed by atoms with Crippen LogP contribution in [-0.4, -0.2) is 41.9 Å². The summed E-state index contributed by atoms with van der Waals surface area (Å²) in [5, 5.41) is 12.3. The van der Waals surface area contributed by atoms with Gasteiger partial charge < -0.3 is 0 Å². The minimum atomic E-state index is -3.56. The molecule has 2 aromatic carbocycles. The van der Waals surface area contributed by atoms with Crippen molar-refractivity contribution in [2.45, 2.75) is 46.4 Å². The van der Waals surface area contributed by atoms with Gasteiger partial charge >= 0.3 is 0 Å². The standard InChI is InChI=1S/C23H28N4O3S2/c1-7-27(8-2)32(29,30)19-11-9-18(10-12-19)21(28)24-23-26-25-22(31-23)20-16(5)14(3)13-15(4)17(20)6/h9-13H,7-8H2,1-6H3,(H,24,26,28). The molecule has 0 radical (unpaired) electrons. The molecule has 9 heteroatoms. The number of sulfonamides is 1. The molecule has 0 atom stereocenters. The van der Waals surface area contributed by atoms with Gasteiger partial charge in [0, 0.05) is 24.2 Å². The lowest BCUT2D eigenvalue weighted by molar-refractivity contribution is 0.102. The zero-order chi connectivity index (χ0) is 23.6. The Kier molecular flexibility index (Phi) is 7.12. The Bertz CT molecular complexity index is 1220. The van der Waals surface area contributed by atoms with Crippen LogP contribution in [-0.2, 0) is 10.0 Å². The maximum atomic E-state index is 12.7. The van der Waals surface area contributed by atoms with Crippen LogP contribution in [0.5, 0.6) is 0 Å². The van der Waals surface area contributed by atoms with Crippen molar-refractivity contribution in [3.8, 4) is 10.6 Å². The monoisotopic (exact) mass is 472 g/mol. The molecule has 3 rings (SSSR count). The van der Waals surface area contributed by atoms with Crippen LogP contribution in [0.4, 0.5) is 5.13 Å². The minimum Gasteiger partial charge on any atom is -0.296 e. The van der Waals surface area contributed by atoms with E-state index in [1.807, 2.05) is 0 Å². The number of carbonyl (C=O) groups is 1. The van der Waals surface area contributed by atoms with E-state index < -0.39 is 10.0 Å². The SMILES string of the molecule is CCN(CC)S(=O)(=O)c1ccc(C(=O)Nc2nnc(-c3c(C)c(C)cc(C)c3C)s2)cc1. The van der Waals surface area contributed by atoms with E-state index in [-0.39, 0.29) is 10.8 Å². The molecule has 1 amide bonds. The second-order valence-electron chi connectivity index (χ2n) is 7.62. The summed E-state index contributed by atoms with van der Waals surface area (Å²) in [6, 6.07) is 8.08. The van der Waals surface area contributed by atoms with E-state index >= 15 is 0 Å². The van der Waals surface area contributed by atoms with Crippen LogP contribution in [0.25, 0.3) is 10.6 Å². The van der Waals surface area contributed by atoms with E-state index in [2.05, 4.69) is 49.3 Å². The first-order chi connectivity index (χ1) is 15.1. The number of rotatable bonds is 7. The van der Waals surface area contributed by atoms with Gasteiger partial charge in [-0.3, -0.25) is 10.1 Å². The van der Waals surface area contributed by atoms with Crippen molar-refractivity contribution in [3.05, 3.63) is 58.1 Å². The van der Waals surface area contributed by atoms with Gasteiger partial charge in [-0.05, 0) is 74.2 Å². The van der Waals surface area contributed by atoms with Crippen LogP contribution in [0.1, 0.15) is 46.5 Å². The molecule has 0 spiro atoms. The summed E-state index contributed by atoms with van der Waals surface area (Å²) in [6.07, 6.45) is 0. The van der Waals surface area contributed by atoms with Crippen molar-refractivity contribution in [2.75, 3.05) is 18.4 Å². The van der Waals surface area contributed by atoms with Crippen molar-refractivity contribution in [3.63, 3.8) is 0 Å². The summed E-state index contributed by atoms with van der Waals surface area (Å²) in [5.41, 5.74) is 6.05. The van der Waals surface area contributed by atoms with Gasteiger partial charge in [-0.25, -0.2) is 8.42 Å². The van der Waals surface area contributed by atoms with E-state index in [1.54, 1.807) is 13.8 Å². The smallest absolute Gasteiger partial charge is 0.257 e. The lowest BCUT2D eigenvalue weighted by Gasteiger charge is -2.18. The molecule has 0 unspecified atom stereocenters. The fourth-order valence-electron chi connectivity index (χ4n) is 3.57. The quantitative estimate of drug-likeness (QED) is 0.537. The fraction of sp³-hybridized carbons (Fsp3) is 0.348. The van der Waals surface area contributed by atoms with E-state index in [9.17, 15) is 13.2 Å². The van der Waals surface area contributed by atoms with E-state index in [4.69, 9.17) is 0 Å². The number of amides is 1. The highest BCUT2D eigenvalue weighted by atomic mass is 32.2. The van der Waals surface area contributed by atoms with Crippen molar-refractivity contribution in [2.24, 2.45) is 0 Å². The number of nitrogens with zero attached hydrogens (tertiary/aromatic N) is 3. The molecule has 0 saturated carbocycles. The van der Waals surface area contributed by atoms with Crippen molar-refractivity contribution in [1.29, 1.82) is 0 Å². The molecule has 0 aliphatic rings. The number of nitrogens with one attached hydrogen (secondary N) is 1. The first-order valence-electron chi connectivity index (χ1n) is 10.4. The lowest BCUT2D eigenvalue weighted by Crippen LogP contribution is -2.30. The summed E-state index contributed by atoms with van der Waals surface area (Å²) < 4.78 is 26.6. The average molecular weight is 473 g/mol. The highest BCUT2D eigenvalue weighted by Gasteiger charge is 2.22. The molecular formula is C23H28N4O3S2. The maximum absolute atomic E-state index is 12.7. The first-order valence-corrected chi connectivity index (χ1v) is 12.7. The van der Waals surface area contributed by atoms with Crippen LogP contribution >= 0.6 is 11.3 Å². The van der Waals surface area contributed by atoms with Gasteiger partial charge in [0.1, 0.15) is 5.01 Å². The molecule has 170 valence electrons. The number of hydrogen-bond donors (Lipinski definition) is 1. The van der Waals surface area contributed by atoms with Gasteiger partial charge in [-0.15, -0.1) is 10.2 Å². The van der Waals surface area contributed by atoms with Crippen LogP contribution in [0.2, 0.25) is 0 Å². The molecule has 7 nitrogen and oxygen atoms in total. The zero-order valence-corrected chi connectivity index (χ0v) is 20.8. The minimum absolute atomic E-state index is 0.164. The Labute approximate surface area is 193 Å². The van der Waals surface area contributed by atoms with E-state index in [0.29, 0.717) is 23.8 Å². The van der Waals surface area contributed by atoms with Crippen molar-refractivity contribution >= 4 is 32.4 Å². The molecule has 1 heterocycles. The van der Waals surface area contributed by atoms with Gasteiger partial charge in [0.25, 0.3) is 5.91 Å². The average Bonchev–Trinajstić information content (AvgIpc) is 3.21. The summed E-state index contributed by atoms with van der Waals surface area (Å²) in [5.74, 6) is -0.367. The Hall–Kier alpha value is -2.62. The maximum Gasteiger partial charge on any atom is 0.257 e. The fourth-order valence-corrected chi connectivity index (χ4v) is 5.93. The molecule has 32 heavy (non-hydrogen) atoms. The van der Waals surface area contributed by atoms with Crippen LogP contribution in [0.15, 0.2) is 35.2 Å². The number of carbonyl (C=O) groups excluding carboxylic acids is 1. The van der Waals surface area contributed by atoms with Gasteiger partial charge in [-0.2, -0.15) is 4.31 Å².